The number of hydrogen-bond donors (Lipinski definition) is 0. The van der Waals surface area contributed by atoms with E-state index in [1.54, 1.807) is 0 Å². The lowest BCUT2D eigenvalue weighted by Crippen LogP contribution is -2.63. The van der Waals surface area contributed by atoms with E-state index in [-0.39, 0.29) is 10.8 Å². The van der Waals surface area contributed by atoms with Crippen molar-refractivity contribution in [1.82, 2.24) is 9.55 Å². The van der Waals surface area contributed by atoms with Gasteiger partial charge in [0.1, 0.15) is 5.82 Å². The number of para-hydroxylation sites is 1. The Morgan fingerprint density at radius 1 is 0.659 bits per heavy atom. The van der Waals surface area contributed by atoms with Crippen LogP contribution in [0.3, 0.4) is 0 Å². The van der Waals surface area contributed by atoms with Gasteiger partial charge in [0.05, 0.1) is 21.2 Å². The van der Waals surface area contributed by atoms with Gasteiger partial charge in [-0.3, -0.25) is 8.60 Å². The van der Waals surface area contributed by atoms with Crippen molar-refractivity contribution in [2.75, 3.05) is 0 Å². The first kappa shape index (κ1) is 29.5. The predicted molar refractivity (Wildman–Crippen MR) is 186 cm³/mol. The number of aromatic nitrogens is 2. The van der Waals surface area contributed by atoms with Crippen LogP contribution < -0.4 is 10.4 Å². The average molecular weight is 612 g/mol. The zero-order valence-corrected chi connectivity index (χ0v) is 27.2. The summed E-state index contributed by atoms with van der Waals surface area (Å²) in [5.41, 5.74) is 2.74. The highest BCUT2D eigenvalue weighted by molar-refractivity contribution is 7.93. The number of hydrogen-bond acceptors (Lipinski definition) is 3. The number of nitrogens with zero attached hydrogens (tertiary/aromatic N) is 3. The molecule has 0 amide bonds. The molecule has 6 aromatic rings. The summed E-state index contributed by atoms with van der Waals surface area (Å²) < 4.78 is 23.6. The van der Waals surface area contributed by atoms with Crippen LogP contribution in [0.5, 0.6) is 0 Å². The minimum Gasteiger partial charge on any atom is -0.299 e. The van der Waals surface area contributed by atoms with Crippen LogP contribution in [-0.4, -0.2) is 22.0 Å². The lowest BCUT2D eigenvalue weighted by Gasteiger charge is -2.40. The normalized spacial score (nSPS) is 13.2. The fourth-order valence-corrected chi connectivity index (χ4v) is 15.0. The lowest BCUT2D eigenvalue weighted by atomic mass is 10.2. The van der Waals surface area contributed by atoms with E-state index in [1.807, 2.05) is 85.1 Å². The van der Waals surface area contributed by atoms with E-state index in [0.717, 1.165) is 38.0 Å². The Morgan fingerprint density at radius 3 is 1.61 bits per heavy atom. The molecule has 0 fully saturated rings. The maximum Gasteiger partial charge on any atom is 0.260 e. The Hall–Kier alpha value is -4.52. The van der Waals surface area contributed by atoms with E-state index in [1.165, 1.54) is 0 Å². The van der Waals surface area contributed by atoms with Crippen molar-refractivity contribution < 1.29 is 4.21 Å². The Morgan fingerprint density at radius 2 is 1.11 bits per heavy atom. The van der Waals surface area contributed by atoms with Crippen molar-refractivity contribution >= 4 is 28.3 Å². The molecule has 0 saturated heterocycles. The minimum absolute atomic E-state index is 0.196. The third-order valence-electron chi connectivity index (χ3n) is 8.03. The average Bonchev–Trinajstić information content (AvgIpc) is 3.48. The smallest absolute Gasteiger partial charge is 0.260 e. The second kappa shape index (κ2) is 12.2. The Kier molecular flexibility index (Phi) is 8.21. The van der Waals surface area contributed by atoms with Gasteiger partial charge in [0.15, 0.2) is 0 Å². The second-order valence-corrected chi connectivity index (χ2v) is 18.9. The highest BCUT2D eigenvalue weighted by atomic mass is 32.2. The van der Waals surface area contributed by atoms with E-state index in [2.05, 4.69) is 98.1 Å². The molecule has 1 unspecified atom stereocenters. The van der Waals surface area contributed by atoms with Crippen LogP contribution in [-0.2, 0) is 15.5 Å². The van der Waals surface area contributed by atoms with E-state index in [9.17, 15) is 0 Å². The molecule has 44 heavy (non-hydrogen) atoms. The van der Waals surface area contributed by atoms with Gasteiger partial charge in [-0.05, 0) is 39.7 Å². The minimum atomic E-state index is -3.04. The molecule has 0 saturated carbocycles. The molecule has 220 valence electrons. The number of imidazole rings is 1. The quantitative estimate of drug-likeness (QED) is 0.163. The molecular formula is C38H37N3OSSi. The number of benzene rings is 5. The summed E-state index contributed by atoms with van der Waals surface area (Å²) in [6.07, 6.45) is 2.03. The predicted octanol–water partition coefficient (Wildman–Crippen LogP) is 8.13. The van der Waals surface area contributed by atoms with Crippen molar-refractivity contribution in [2.24, 2.45) is 4.03 Å². The summed E-state index contributed by atoms with van der Waals surface area (Å²) in [5.74, 6) is 1.01. The second-order valence-electron chi connectivity index (χ2n) is 12.0. The molecule has 0 spiro atoms. The van der Waals surface area contributed by atoms with Crippen molar-refractivity contribution in [2.45, 2.75) is 36.5 Å². The van der Waals surface area contributed by atoms with Crippen molar-refractivity contribution in [1.29, 1.82) is 0 Å². The van der Waals surface area contributed by atoms with Crippen LogP contribution in [0, 0.1) is 0 Å². The standard InChI is InChI=1S/C38H37N3OSSi/c1-38(2,3)44(35-25-15-7-16-26-35,36-27-17-8-18-28-36)40-43(42,34-23-13-6-14-24-34)30-32-29-41(33-21-11-5-12-22-33)37(39-32)31-19-9-4-10-20-31/h4-29H,30H2,1-3H3. The van der Waals surface area contributed by atoms with Gasteiger partial charge in [-0.2, -0.15) is 0 Å². The molecule has 4 nitrogen and oxygen atoms in total. The van der Waals surface area contributed by atoms with Crippen LogP contribution >= 0.6 is 0 Å². The molecule has 1 heterocycles. The molecular weight excluding hydrogens is 575 g/mol. The molecule has 0 bridgehead atoms. The summed E-state index contributed by atoms with van der Waals surface area (Å²) in [6.45, 7) is 6.72. The van der Waals surface area contributed by atoms with Gasteiger partial charge in [0.25, 0.3) is 8.24 Å². The molecule has 6 heteroatoms. The zero-order valence-electron chi connectivity index (χ0n) is 25.4. The van der Waals surface area contributed by atoms with Crippen LogP contribution in [0.4, 0.5) is 0 Å². The first-order valence-corrected chi connectivity index (χ1v) is 18.5. The maximum absolute atomic E-state index is 15.8. The van der Waals surface area contributed by atoms with Gasteiger partial charge in [-0.25, -0.2) is 9.19 Å². The highest BCUT2D eigenvalue weighted by Gasteiger charge is 2.50. The Balaban J connectivity index is 1.63. The first-order valence-electron chi connectivity index (χ1n) is 14.9. The molecule has 0 radical (unpaired) electrons. The van der Waals surface area contributed by atoms with Gasteiger partial charge in [0, 0.05) is 22.3 Å². The van der Waals surface area contributed by atoms with Crippen LogP contribution in [0.1, 0.15) is 26.5 Å². The van der Waals surface area contributed by atoms with Crippen LogP contribution in [0.25, 0.3) is 17.1 Å². The highest BCUT2D eigenvalue weighted by Crippen LogP contribution is 2.39. The van der Waals surface area contributed by atoms with E-state index < -0.39 is 18.0 Å². The van der Waals surface area contributed by atoms with Gasteiger partial charge in [-0.1, -0.05) is 148 Å². The van der Waals surface area contributed by atoms with E-state index >= 15 is 4.21 Å². The van der Waals surface area contributed by atoms with Crippen molar-refractivity contribution in [3.63, 3.8) is 0 Å². The van der Waals surface area contributed by atoms with Gasteiger partial charge < -0.3 is 0 Å². The van der Waals surface area contributed by atoms with Gasteiger partial charge >= 0.3 is 0 Å². The summed E-state index contributed by atoms with van der Waals surface area (Å²) in [6, 6.07) is 51.1. The largest absolute Gasteiger partial charge is 0.299 e. The molecule has 0 aliphatic heterocycles. The molecule has 5 aromatic carbocycles. The lowest BCUT2D eigenvalue weighted by molar-refractivity contribution is 0.674. The third kappa shape index (κ3) is 5.71. The van der Waals surface area contributed by atoms with Crippen molar-refractivity contribution in [3.8, 4) is 17.1 Å². The van der Waals surface area contributed by atoms with Gasteiger partial charge in [-0.15, -0.1) is 0 Å². The number of rotatable bonds is 8. The maximum atomic E-state index is 15.8. The fraction of sp³-hybridized carbons (Fsp3) is 0.132. The van der Waals surface area contributed by atoms with Crippen molar-refractivity contribution in [3.05, 3.63) is 164 Å². The zero-order chi connectivity index (χ0) is 30.6. The van der Waals surface area contributed by atoms with Gasteiger partial charge in [0.2, 0.25) is 0 Å². The van der Waals surface area contributed by atoms with Crippen LogP contribution in [0.15, 0.2) is 167 Å². The summed E-state index contributed by atoms with van der Waals surface area (Å²) in [4.78, 5) is 5.87. The third-order valence-corrected chi connectivity index (χ3v) is 16.5. The molecule has 0 aliphatic carbocycles. The summed E-state index contributed by atoms with van der Waals surface area (Å²) >= 11 is 0. The molecule has 6 rings (SSSR count). The van der Waals surface area contributed by atoms with Crippen LogP contribution in [0.2, 0.25) is 5.04 Å². The molecule has 1 atom stereocenters. The summed E-state index contributed by atoms with van der Waals surface area (Å²) in [5, 5.41) is 2.00. The topological polar surface area (TPSA) is 47.2 Å². The van der Waals surface area contributed by atoms with E-state index in [4.69, 9.17) is 9.01 Å². The van der Waals surface area contributed by atoms with E-state index in [0.29, 0.717) is 0 Å². The fourth-order valence-electron chi connectivity index (χ4n) is 5.93. The Labute approximate surface area is 262 Å². The SMILES string of the molecule is CC(C)(C)[Si](N=S(=O)(Cc1cn(-c2ccccc2)c(-c2ccccc2)n1)c1ccccc1)(c1ccccc1)c1ccccc1. The Bertz CT molecular complexity index is 1850. The monoisotopic (exact) mass is 611 g/mol. The summed E-state index contributed by atoms with van der Waals surface area (Å²) in [7, 11) is -6.06. The molecule has 0 N–H and O–H groups in total. The first-order chi connectivity index (χ1) is 21.3. The molecule has 0 aliphatic rings. The molecule has 1 aromatic heterocycles.